The lowest BCUT2D eigenvalue weighted by Crippen LogP contribution is -2.37. The molecule has 0 spiro atoms. The fraction of sp³-hybridized carbons (Fsp3) is 0.222. The van der Waals surface area contributed by atoms with Crippen LogP contribution >= 0.6 is 12.4 Å². The van der Waals surface area contributed by atoms with Gasteiger partial charge >= 0.3 is 0 Å². The van der Waals surface area contributed by atoms with Crippen molar-refractivity contribution in [1.82, 2.24) is 4.90 Å². The lowest BCUT2D eigenvalue weighted by molar-refractivity contribution is 0.0713. The second-order valence-electron chi connectivity index (χ2n) is 7.71. The van der Waals surface area contributed by atoms with Crippen molar-refractivity contribution in [2.45, 2.75) is 25.3 Å². The van der Waals surface area contributed by atoms with Gasteiger partial charge in [-0.15, -0.1) is 12.4 Å². The maximum atomic E-state index is 13.0. The number of halogens is 1. The molecule has 1 heterocycles. The van der Waals surface area contributed by atoms with Crippen molar-refractivity contribution in [3.8, 4) is 11.8 Å². The summed E-state index contributed by atoms with van der Waals surface area (Å²) in [5.41, 5.74) is 10.8. The molecule has 0 aliphatic carbocycles. The average Bonchev–Trinajstić information content (AvgIpc) is 2.83. The third-order valence-corrected chi connectivity index (χ3v) is 5.67. The van der Waals surface area contributed by atoms with Gasteiger partial charge in [0.1, 0.15) is 0 Å². The molecule has 0 atom stereocenters. The second kappa shape index (κ2) is 10.8. The fourth-order valence-corrected chi connectivity index (χ4v) is 3.97. The van der Waals surface area contributed by atoms with Crippen LogP contribution in [-0.4, -0.2) is 23.9 Å². The lowest BCUT2D eigenvalue weighted by Gasteiger charge is -2.32. The van der Waals surface area contributed by atoms with Gasteiger partial charge in [-0.25, -0.2) is 0 Å². The largest absolute Gasteiger partial charge is 0.339 e. The SMILES string of the molecule is Cl.NCc1cccc(C2CCN(C(=O)c3cccc(C#Cc4ccccc4)c3)CC2)c1. The summed E-state index contributed by atoms with van der Waals surface area (Å²) < 4.78 is 0. The van der Waals surface area contributed by atoms with Crippen LogP contribution in [0.4, 0.5) is 0 Å². The first-order valence-electron chi connectivity index (χ1n) is 10.5. The molecule has 1 aliphatic heterocycles. The molecule has 158 valence electrons. The summed E-state index contributed by atoms with van der Waals surface area (Å²) in [5.74, 6) is 6.90. The Morgan fingerprint density at radius 2 is 1.55 bits per heavy atom. The van der Waals surface area contributed by atoms with Gasteiger partial charge in [-0.3, -0.25) is 4.79 Å². The summed E-state index contributed by atoms with van der Waals surface area (Å²) in [6.45, 7) is 2.11. The predicted molar refractivity (Wildman–Crippen MR) is 128 cm³/mol. The Kier molecular flexibility index (Phi) is 7.89. The molecule has 0 bridgehead atoms. The van der Waals surface area contributed by atoms with E-state index in [2.05, 4.69) is 36.1 Å². The smallest absolute Gasteiger partial charge is 0.253 e. The Morgan fingerprint density at radius 3 is 2.29 bits per heavy atom. The first-order valence-corrected chi connectivity index (χ1v) is 10.5. The number of benzene rings is 3. The van der Waals surface area contributed by atoms with Crippen molar-refractivity contribution in [1.29, 1.82) is 0 Å². The molecule has 0 saturated carbocycles. The van der Waals surface area contributed by atoms with Crippen molar-refractivity contribution in [2.75, 3.05) is 13.1 Å². The summed E-state index contributed by atoms with van der Waals surface area (Å²) >= 11 is 0. The van der Waals surface area contributed by atoms with Gasteiger partial charge in [0.2, 0.25) is 0 Å². The Labute approximate surface area is 190 Å². The van der Waals surface area contributed by atoms with E-state index in [4.69, 9.17) is 5.73 Å². The van der Waals surface area contributed by atoms with Gasteiger partial charge < -0.3 is 10.6 Å². The molecule has 1 aliphatic rings. The fourth-order valence-electron chi connectivity index (χ4n) is 3.97. The van der Waals surface area contributed by atoms with Gasteiger partial charge in [-0.05, 0) is 60.2 Å². The normalized spacial score (nSPS) is 13.6. The highest BCUT2D eigenvalue weighted by Gasteiger charge is 2.24. The number of hydrogen-bond acceptors (Lipinski definition) is 2. The molecule has 31 heavy (non-hydrogen) atoms. The van der Waals surface area contributed by atoms with Crippen molar-refractivity contribution in [3.63, 3.8) is 0 Å². The van der Waals surface area contributed by atoms with Gasteiger partial charge in [-0.1, -0.05) is 60.4 Å². The zero-order chi connectivity index (χ0) is 20.8. The highest BCUT2D eigenvalue weighted by molar-refractivity contribution is 5.94. The Bertz CT molecular complexity index is 1080. The van der Waals surface area contributed by atoms with Crippen LogP contribution in [0.5, 0.6) is 0 Å². The highest BCUT2D eigenvalue weighted by atomic mass is 35.5. The zero-order valence-electron chi connectivity index (χ0n) is 17.5. The van der Waals surface area contributed by atoms with Crippen LogP contribution in [0.2, 0.25) is 0 Å². The molecule has 3 aromatic rings. The number of nitrogens with two attached hydrogens (primary N) is 1. The Morgan fingerprint density at radius 1 is 0.871 bits per heavy atom. The van der Waals surface area contributed by atoms with E-state index < -0.39 is 0 Å². The molecule has 4 rings (SSSR count). The van der Waals surface area contributed by atoms with Crippen LogP contribution in [-0.2, 0) is 6.54 Å². The highest BCUT2D eigenvalue weighted by Crippen LogP contribution is 2.29. The number of nitrogens with zero attached hydrogens (tertiary/aromatic N) is 1. The first-order chi connectivity index (χ1) is 14.7. The minimum atomic E-state index is 0. The number of rotatable bonds is 3. The first kappa shape index (κ1) is 22.6. The zero-order valence-corrected chi connectivity index (χ0v) is 18.3. The molecule has 0 radical (unpaired) electrons. The molecule has 0 unspecified atom stereocenters. The standard InChI is InChI=1S/C27H26N2O.ClH/c28-20-23-9-5-10-25(19-23)24-14-16-29(17-15-24)27(30)26-11-4-8-22(18-26)13-12-21-6-2-1-3-7-21;/h1-11,18-19,24H,14-17,20,28H2;1H. The van der Waals surface area contributed by atoms with Crippen molar-refractivity contribution in [3.05, 3.63) is 107 Å². The monoisotopic (exact) mass is 430 g/mol. The molecule has 1 amide bonds. The van der Waals surface area contributed by atoms with Gasteiger partial charge in [-0.2, -0.15) is 0 Å². The van der Waals surface area contributed by atoms with E-state index in [0.717, 1.165) is 37.1 Å². The molecule has 2 N–H and O–H groups in total. The third kappa shape index (κ3) is 5.76. The molecule has 4 heteroatoms. The van der Waals surface area contributed by atoms with Gasteiger partial charge in [0.05, 0.1) is 0 Å². The number of carbonyl (C=O) groups is 1. The maximum Gasteiger partial charge on any atom is 0.253 e. The van der Waals surface area contributed by atoms with E-state index in [0.29, 0.717) is 18.0 Å². The molecule has 0 aromatic heterocycles. The van der Waals surface area contributed by atoms with E-state index in [1.807, 2.05) is 59.5 Å². The topological polar surface area (TPSA) is 46.3 Å². The Hall–Kier alpha value is -3.06. The van der Waals surface area contributed by atoms with Crippen LogP contribution in [0, 0.1) is 11.8 Å². The molecular formula is C27H27ClN2O. The van der Waals surface area contributed by atoms with Crippen LogP contribution in [0.3, 0.4) is 0 Å². The summed E-state index contributed by atoms with van der Waals surface area (Å²) in [4.78, 5) is 15.0. The molecule has 3 nitrogen and oxygen atoms in total. The molecular weight excluding hydrogens is 404 g/mol. The molecule has 1 fully saturated rings. The van der Waals surface area contributed by atoms with E-state index in [1.54, 1.807) is 0 Å². The van der Waals surface area contributed by atoms with Gasteiger partial charge in [0, 0.05) is 36.3 Å². The molecule has 1 saturated heterocycles. The van der Waals surface area contributed by atoms with Gasteiger partial charge in [0.25, 0.3) is 5.91 Å². The van der Waals surface area contributed by atoms with Crippen LogP contribution in [0.1, 0.15) is 51.4 Å². The van der Waals surface area contributed by atoms with E-state index in [1.165, 1.54) is 11.1 Å². The summed E-state index contributed by atoms with van der Waals surface area (Å²) in [5, 5.41) is 0. The number of carbonyl (C=O) groups excluding carboxylic acids is 1. The average molecular weight is 431 g/mol. The van der Waals surface area contributed by atoms with E-state index in [-0.39, 0.29) is 18.3 Å². The number of piperidine rings is 1. The summed E-state index contributed by atoms with van der Waals surface area (Å²) in [6, 6.07) is 26.0. The maximum absolute atomic E-state index is 13.0. The van der Waals surface area contributed by atoms with Crippen LogP contribution in [0.15, 0.2) is 78.9 Å². The van der Waals surface area contributed by atoms with Crippen molar-refractivity contribution >= 4 is 18.3 Å². The number of hydrogen-bond donors (Lipinski definition) is 1. The van der Waals surface area contributed by atoms with Crippen LogP contribution < -0.4 is 5.73 Å². The van der Waals surface area contributed by atoms with Crippen molar-refractivity contribution in [2.24, 2.45) is 5.73 Å². The van der Waals surface area contributed by atoms with E-state index in [9.17, 15) is 4.79 Å². The predicted octanol–water partition coefficient (Wildman–Crippen LogP) is 4.99. The molecule has 3 aromatic carbocycles. The quantitative estimate of drug-likeness (QED) is 0.595. The van der Waals surface area contributed by atoms with Crippen molar-refractivity contribution < 1.29 is 4.79 Å². The number of amides is 1. The summed E-state index contributed by atoms with van der Waals surface area (Å²) in [6.07, 6.45) is 1.96. The minimum absolute atomic E-state index is 0. The van der Waals surface area contributed by atoms with E-state index >= 15 is 0 Å². The minimum Gasteiger partial charge on any atom is -0.339 e. The lowest BCUT2D eigenvalue weighted by atomic mass is 9.88. The van der Waals surface area contributed by atoms with Crippen LogP contribution in [0.25, 0.3) is 0 Å². The van der Waals surface area contributed by atoms with Gasteiger partial charge in [0.15, 0.2) is 0 Å². The third-order valence-electron chi connectivity index (χ3n) is 5.67. The Balaban J connectivity index is 0.00000272. The second-order valence-corrected chi connectivity index (χ2v) is 7.71. The number of likely N-dealkylation sites (tertiary alicyclic amines) is 1. The summed E-state index contributed by atoms with van der Waals surface area (Å²) in [7, 11) is 0.